The number of aryl methyl sites for hydroxylation is 1. The lowest BCUT2D eigenvalue weighted by Gasteiger charge is -2.21. The molecular weight excluding hydrogens is 465 g/mol. The molecule has 7 nitrogen and oxygen atoms in total. The van der Waals surface area contributed by atoms with Crippen LogP contribution in [0.5, 0.6) is 0 Å². The average Bonchev–Trinajstić information content (AvgIpc) is 3.39. The van der Waals surface area contributed by atoms with E-state index in [1.165, 1.54) is 12.1 Å². The molecule has 1 saturated carbocycles. The van der Waals surface area contributed by atoms with Gasteiger partial charge in [0.2, 0.25) is 11.8 Å². The Morgan fingerprint density at radius 1 is 1.23 bits per heavy atom. The standard InChI is InChI=1S/C26H26FN5O2S/c1-16-15-35-22(29-16)14-32(21-10-11-21)24(33)19-5-3-4-18(12-19)23-30-31-25(34-23)26(2,28)13-17-6-8-20(27)9-7-17/h3-9,12,15,21H,10-11,13-14,28H2,1-2H3/t26-/m1/s1. The highest BCUT2D eigenvalue weighted by molar-refractivity contribution is 7.09. The van der Waals surface area contributed by atoms with Crippen molar-refractivity contribution in [2.45, 2.75) is 51.2 Å². The highest BCUT2D eigenvalue weighted by atomic mass is 32.1. The predicted octanol–water partition coefficient (Wildman–Crippen LogP) is 4.86. The first-order chi connectivity index (χ1) is 16.8. The molecule has 0 radical (unpaired) electrons. The highest BCUT2D eigenvalue weighted by Crippen LogP contribution is 2.31. The fourth-order valence-electron chi connectivity index (χ4n) is 4.00. The Morgan fingerprint density at radius 2 is 2.00 bits per heavy atom. The van der Waals surface area contributed by atoms with E-state index in [-0.39, 0.29) is 23.7 Å². The van der Waals surface area contributed by atoms with Crippen molar-refractivity contribution in [3.63, 3.8) is 0 Å². The number of hydrogen-bond acceptors (Lipinski definition) is 7. The van der Waals surface area contributed by atoms with Crippen LogP contribution < -0.4 is 5.73 Å². The number of hydrogen-bond donors (Lipinski definition) is 1. The number of nitrogens with two attached hydrogens (primary N) is 1. The molecule has 1 aliphatic rings. The van der Waals surface area contributed by atoms with Gasteiger partial charge in [-0.05, 0) is 69.0 Å². The van der Waals surface area contributed by atoms with E-state index in [2.05, 4.69) is 15.2 Å². The van der Waals surface area contributed by atoms with E-state index in [4.69, 9.17) is 10.2 Å². The number of benzene rings is 2. The molecule has 2 aromatic heterocycles. The van der Waals surface area contributed by atoms with E-state index in [1.54, 1.807) is 42.5 Å². The van der Waals surface area contributed by atoms with Crippen LogP contribution in [0.1, 0.15) is 52.3 Å². The predicted molar refractivity (Wildman–Crippen MR) is 131 cm³/mol. The summed E-state index contributed by atoms with van der Waals surface area (Å²) >= 11 is 1.57. The van der Waals surface area contributed by atoms with Crippen molar-refractivity contribution in [1.82, 2.24) is 20.1 Å². The summed E-state index contributed by atoms with van der Waals surface area (Å²) in [6.07, 6.45) is 2.41. The van der Waals surface area contributed by atoms with Gasteiger partial charge in [0.15, 0.2) is 0 Å². The maximum Gasteiger partial charge on any atom is 0.254 e. The number of amides is 1. The molecule has 9 heteroatoms. The number of carbonyl (C=O) groups excluding carboxylic acids is 1. The first kappa shape index (κ1) is 23.3. The van der Waals surface area contributed by atoms with Crippen LogP contribution >= 0.6 is 11.3 Å². The molecule has 2 aromatic carbocycles. The van der Waals surface area contributed by atoms with Crippen LogP contribution in [0.15, 0.2) is 58.3 Å². The minimum Gasteiger partial charge on any atom is -0.419 e. The van der Waals surface area contributed by atoms with E-state index in [1.807, 2.05) is 29.3 Å². The third kappa shape index (κ3) is 5.31. The quantitative estimate of drug-likeness (QED) is 0.378. The summed E-state index contributed by atoms with van der Waals surface area (Å²) in [4.78, 5) is 19.8. The second-order valence-corrected chi connectivity index (χ2v) is 10.2. The largest absolute Gasteiger partial charge is 0.419 e. The van der Waals surface area contributed by atoms with Crippen LogP contribution in [-0.2, 0) is 18.5 Å². The van der Waals surface area contributed by atoms with Crippen LogP contribution in [0.25, 0.3) is 11.5 Å². The second kappa shape index (κ2) is 9.31. The molecule has 5 rings (SSSR count). The van der Waals surface area contributed by atoms with Crippen LogP contribution in [-0.4, -0.2) is 32.0 Å². The molecule has 1 atom stereocenters. The lowest BCUT2D eigenvalue weighted by molar-refractivity contribution is 0.0729. The van der Waals surface area contributed by atoms with E-state index in [0.29, 0.717) is 30.0 Å². The molecule has 0 unspecified atom stereocenters. The summed E-state index contributed by atoms with van der Waals surface area (Å²) in [6.45, 7) is 4.25. The lowest BCUT2D eigenvalue weighted by Crippen LogP contribution is -2.35. The molecule has 0 aliphatic heterocycles. The summed E-state index contributed by atoms with van der Waals surface area (Å²) in [5.74, 6) is 0.220. The van der Waals surface area contributed by atoms with Crippen LogP contribution in [0, 0.1) is 12.7 Å². The topological polar surface area (TPSA) is 98.1 Å². The van der Waals surface area contributed by atoms with Gasteiger partial charge in [-0.3, -0.25) is 4.79 Å². The van der Waals surface area contributed by atoms with Gasteiger partial charge in [-0.25, -0.2) is 9.37 Å². The Bertz CT molecular complexity index is 1340. The molecular formula is C26H26FN5O2S. The van der Waals surface area contributed by atoms with Crippen molar-refractivity contribution in [1.29, 1.82) is 0 Å². The zero-order valence-corrected chi connectivity index (χ0v) is 20.4. The SMILES string of the molecule is Cc1csc(CN(C(=O)c2cccc(-c3nnc([C@](C)(N)Cc4ccc(F)cc4)o3)c2)C2CC2)n1. The molecule has 180 valence electrons. The summed E-state index contributed by atoms with van der Waals surface area (Å²) < 4.78 is 19.2. The van der Waals surface area contributed by atoms with Crippen molar-refractivity contribution in [2.24, 2.45) is 5.73 Å². The molecule has 1 aliphatic carbocycles. The molecule has 2 heterocycles. The van der Waals surface area contributed by atoms with Gasteiger partial charge in [-0.1, -0.05) is 18.2 Å². The molecule has 1 amide bonds. The summed E-state index contributed by atoms with van der Waals surface area (Å²) in [5, 5.41) is 11.3. The molecule has 35 heavy (non-hydrogen) atoms. The van der Waals surface area contributed by atoms with Crippen LogP contribution in [0.4, 0.5) is 4.39 Å². The Morgan fingerprint density at radius 3 is 2.69 bits per heavy atom. The normalized spacial score (nSPS) is 15.1. The Balaban J connectivity index is 1.35. The van der Waals surface area contributed by atoms with Gasteiger partial charge in [0.1, 0.15) is 10.8 Å². The Hall–Kier alpha value is -3.43. The minimum absolute atomic E-state index is 0.0399. The van der Waals surface area contributed by atoms with E-state index in [0.717, 1.165) is 29.1 Å². The van der Waals surface area contributed by atoms with Gasteiger partial charge in [-0.2, -0.15) is 0 Å². The zero-order chi connectivity index (χ0) is 24.6. The monoisotopic (exact) mass is 491 g/mol. The maximum absolute atomic E-state index is 13.4. The third-order valence-electron chi connectivity index (χ3n) is 5.98. The van der Waals surface area contributed by atoms with Gasteiger partial charge in [0, 0.05) is 28.2 Å². The summed E-state index contributed by atoms with van der Waals surface area (Å²) in [7, 11) is 0. The van der Waals surface area contributed by atoms with Gasteiger partial charge in [-0.15, -0.1) is 21.5 Å². The minimum atomic E-state index is -0.939. The highest BCUT2D eigenvalue weighted by Gasteiger charge is 2.34. The average molecular weight is 492 g/mol. The number of nitrogens with zero attached hydrogens (tertiary/aromatic N) is 4. The van der Waals surface area contributed by atoms with E-state index >= 15 is 0 Å². The fraction of sp³-hybridized carbons (Fsp3) is 0.308. The number of thiazole rings is 1. The maximum atomic E-state index is 13.4. The smallest absolute Gasteiger partial charge is 0.254 e. The zero-order valence-electron chi connectivity index (χ0n) is 19.6. The van der Waals surface area contributed by atoms with Gasteiger partial charge < -0.3 is 15.1 Å². The third-order valence-corrected chi connectivity index (χ3v) is 6.93. The number of halogens is 1. The lowest BCUT2D eigenvalue weighted by atomic mass is 9.94. The first-order valence-electron chi connectivity index (χ1n) is 11.5. The first-order valence-corrected chi connectivity index (χ1v) is 12.4. The Kier molecular flexibility index (Phi) is 6.21. The molecule has 1 fully saturated rings. The van der Waals surface area contributed by atoms with Crippen molar-refractivity contribution in [2.75, 3.05) is 0 Å². The van der Waals surface area contributed by atoms with E-state index < -0.39 is 5.54 Å². The van der Waals surface area contributed by atoms with Gasteiger partial charge in [0.05, 0.1) is 12.1 Å². The van der Waals surface area contributed by atoms with Crippen LogP contribution in [0.2, 0.25) is 0 Å². The molecule has 0 bridgehead atoms. The second-order valence-electron chi connectivity index (χ2n) is 9.26. The van der Waals surface area contributed by atoms with Crippen molar-refractivity contribution >= 4 is 17.2 Å². The van der Waals surface area contributed by atoms with Crippen molar-refractivity contribution < 1.29 is 13.6 Å². The molecule has 2 N–H and O–H groups in total. The molecule has 0 saturated heterocycles. The van der Waals surface area contributed by atoms with Gasteiger partial charge >= 0.3 is 0 Å². The summed E-state index contributed by atoms with van der Waals surface area (Å²) in [5.41, 5.74) is 8.57. The molecule has 4 aromatic rings. The molecule has 0 spiro atoms. The van der Waals surface area contributed by atoms with Gasteiger partial charge in [0.25, 0.3) is 5.91 Å². The number of rotatable bonds is 8. The number of aromatic nitrogens is 3. The van der Waals surface area contributed by atoms with Crippen molar-refractivity contribution in [3.8, 4) is 11.5 Å². The fourth-order valence-corrected chi connectivity index (χ4v) is 4.77. The number of carbonyl (C=O) groups is 1. The van der Waals surface area contributed by atoms with Crippen molar-refractivity contribution in [3.05, 3.63) is 87.4 Å². The van der Waals surface area contributed by atoms with E-state index in [9.17, 15) is 9.18 Å². The Labute approximate surface area is 206 Å². The van der Waals surface area contributed by atoms with Crippen LogP contribution in [0.3, 0.4) is 0 Å². The summed E-state index contributed by atoms with van der Waals surface area (Å²) in [6, 6.07) is 13.6.